The average molecular weight is 508 g/mol. The second-order valence-electron chi connectivity index (χ2n) is 8.78. The molecule has 3 aromatic carbocycles. The minimum atomic E-state index is -0.308. The number of hydrogen-bond donors (Lipinski definition) is 4. The lowest BCUT2D eigenvalue weighted by Crippen LogP contribution is -2.17. The highest BCUT2D eigenvalue weighted by Crippen LogP contribution is 2.29. The highest BCUT2D eigenvalue weighted by Gasteiger charge is 2.17. The number of hydrogen-bond acceptors (Lipinski definition) is 6. The lowest BCUT2D eigenvalue weighted by molar-refractivity contribution is 0.101. The number of carbonyl (C=O) groups is 2. The van der Waals surface area contributed by atoms with Gasteiger partial charge in [0, 0.05) is 46.5 Å². The van der Waals surface area contributed by atoms with Crippen molar-refractivity contribution in [1.82, 2.24) is 14.8 Å². The minimum Gasteiger partial charge on any atom is -0.508 e. The number of phenolic OH excluding ortho intramolecular Hbond substituents is 1. The van der Waals surface area contributed by atoms with Crippen LogP contribution in [0.4, 0.5) is 11.4 Å². The van der Waals surface area contributed by atoms with E-state index in [1.165, 1.54) is 12.3 Å². The molecular formula is C29H25N5O4. The summed E-state index contributed by atoms with van der Waals surface area (Å²) in [6.07, 6.45) is 1.48. The van der Waals surface area contributed by atoms with Crippen LogP contribution in [0.1, 0.15) is 44.6 Å². The molecule has 0 aliphatic rings. The molecule has 0 aliphatic carbocycles. The third kappa shape index (κ3) is 4.90. The number of aromatic nitrogens is 3. The van der Waals surface area contributed by atoms with E-state index in [9.17, 15) is 19.8 Å². The summed E-state index contributed by atoms with van der Waals surface area (Å²) in [4.78, 5) is 33.4. The average Bonchev–Trinajstić information content (AvgIpc) is 3.45. The van der Waals surface area contributed by atoms with Gasteiger partial charge in [0.25, 0.3) is 5.91 Å². The Balaban J connectivity index is 1.42. The maximum atomic E-state index is 13.4. The minimum absolute atomic E-state index is 0.0835. The van der Waals surface area contributed by atoms with Crippen molar-refractivity contribution in [2.75, 3.05) is 5.32 Å². The Morgan fingerprint density at radius 1 is 1.03 bits per heavy atom. The van der Waals surface area contributed by atoms with E-state index >= 15 is 0 Å². The van der Waals surface area contributed by atoms with E-state index in [0.717, 1.165) is 5.69 Å². The predicted molar refractivity (Wildman–Crippen MR) is 146 cm³/mol. The van der Waals surface area contributed by atoms with Gasteiger partial charge in [-0.25, -0.2) is 0 Å². The number of H-pyrrole nitrogens is 1. The fraction of sp³-hybridized carbons (Fsp3) is 0.103. The van der Waals surface area contributed by atoms with Crippen molar-refractivity contribution < 1.29 is 19.8 Å². The van der Waals surface area contributed by atoms with E-state index in [1.807, 2.05) is 13.8 Å². The second kappa shape index (κ2) is 10.1. The van der Waals surface area contributed by atoms with Gasteiger partial charge < -0.3 is 20.5 Å². The molecule has 0 atom stereocenters. The van der Waals surface area contributed by atoms with Gasteiger partial charge in [-0.1, -0.05) is 18.2 Å². The highest BCUT2D eigenvalue weighted by atomic mass is 16.3. The molecule has 38 heavy (non-hydrogen) atoms. The number of amides is 1. The van der Waals surface area contributed by atoms with Gasteiger partial charge in [0.15, 0.2) is 11.7 Å². The Hall–Kier alpha value is -5.18. The quantitative estimate of drug-likeness (QED) is 0.174. The molecule has 0 bridgehead atoms. The van der Waals surface area contributed by atoms with E-state index < -0.39 is 0 Å². The van der Waals surface area contributed by atoms with E-state index in [2.05, 4.69) is 20.4 Å². The summed E-state index contributed by atoms with van der Waals surface area (Å²) in [7, 11) is 0. The molecule has 1 amide bonds. The van der Waals surface area contributed by atoms with Gasteiger partial charge in [0.2, 0.25) is 0 Å². The lowest BCUT2D eigenvalue weighted by atomic mass is 10.0. The van der Waals surface area contributed by atoms with Crippen molar-refractivity contribution in [3.05, 3.63) is 101 Å². The summed E-state index contributed by atoms with van der Waals surface area (Å²) in [6, 6.07) is 20.0. The number of fused-ring (bicyclic) bond motifs is 1. The van der Waals surface area contributed by atoms with Gasteiger partial charge in [-0.05, 0) is 62.4 Å². The Kier molecular flexibility index (Phi) is 6.49. The second-order valence-corrected chi connectivity index (χ2v) is 8.78. The Bertz CT molecular complexity index is 1710. The van der Waals surface area contributed by atoms with Gasteiger partial charge in [0.05, 0.1) is 16.9 Å². The summed E-state index contributed by atoms with van der Waals surface area (Å²) in [5.74, 6) is -0.550. The molecule has 9 nitrogen and oxygen atoms in total. The maximum Gasteiger partial charge on any atom is 0.273 e. The number of carbonyl (C=O) groups excluding carboxylic acids is 2. The van der Waals surface area contributed by atoms with Crippen LogP contribution in [0.2, 0.25) is 0 Å². The molecule has 0 saturated carbocycles. The fourth-order valence-electron chi connectivity index (χ4n) is 4.25. The van der Waals surface area contributed by atoms with Gasteiger partial charge >= 0.3 is 0 Å². The van der Waals surface area contributed by atoms with Crippen LogP contribution < -0.4 is 5.32 Å². The van der Waals surface area contributed by atoms with Crippen molar-refractivity contribution >= 4 is 40.2 Å². The molecule has 9 heteroatoms. The number of nitrogens with one attached hydrogen (secondary N) is 2. The van der Waals surface area contributed by atoms with E-state index in [4.69, 9.17) is 0 Å². The monoisotopic (exact) mass is 507 g/mol. The number of anilines is 1. The fourth-order valence-corrected chi connectivity index (χ4v) is 4.25. The first-order chi connectivity index (χ1) is 18.3. The molecule has 5 aromatic rings. The van der Waals surface area contributed by atoms with Crippen LogP contribution in [-0.2, 0) is 6.54 Å². The molecule has 0 spiro atoms. The Morgan fingerprint density at radius 3 is 2.61 bits per heavy atom. The zero-order chi connectivity index (χ0) is 26.8. The van der Waals surface area contributed by atoms with Gasteiger partial charge in [-0.3, -0.25) is 19.3 Å². The number of rotatable bonds is 7. The summed E-state index contributed by atoms with van der Waals surface area (Å²) >= 11 is 0. The number of ketones is 1. The van der Waals surface area contributed by atoms with E-state index in [-0.39, 0.29) is 23.3 Å². The van der Waals surface area contributed by atoms with Crippen molar-refractivity contribution in [3.8, 4) is 11.6 Å². The van der Waals surface area contributed by atoms with Gasteiger partial charge in [-0.2, -0.15) is 5.10 Å². The van der Waals surface area contributed by atoms with Crippen LogP contribution in [0.3, 0.4) is 0 Å². The van der Waals surface area contributed by atoms with Crippen molar-refractivity contribution in [2.45, 2.75) is 20.4 Å². The molecular weight excluding hydrogens is 482 g/mol. The summed E-state index contributed by atoms with van der Waals surface area (Å²) < 4.78 is 1.63. The standard InChI is InChI=1S/C29H25N5O4/c1-3-34-26(12-17(2)33-34)29(38)31-21-8-4-6-18(13-21)27(36)19-10-11-25-23(14-19)24(28(37)32-25)16-30-20-7-5-9-22(35)15-20/h4-16,32,35,37H,3H2,1-2H3,(H,31,38). The third-order valence-corrected chi connectivity index (χ3v) is 6.07. The van der Waals surface area contributed by atoms with Crippen molar-refractivity contribution in [2.24, 2.45) is 4.99 Å². The zero-order valence-electron chi connectivity index (χ0n) is 20.8. The number of aryl methyl sites for hydroxylation is 2. The molecule has 0 aliphatic heterocycles. The summed E-state index contributed by atoms with van der Waals surface area (Å²) in [5, 5.41) is 27.9. The highest BCUT2D eigenvalue weighted by molar-refractivity contribution is 6.13. The first-order valence-electron chi connectivity index (χ1n) is 12.0. The number of aromatic amines is 1. The first kappa shape index (κ1) is 24.5. The zero-order valence-corrected chi connectivity index (χ0v) is 20.8. The molecule has 0 saturated heterocycles. The van der Waals surface area contributed by atoms with Crippen molar-refractivity contribution in [3.63, 3.8) is 0 Å². The van der Waals surface area contributed by atoms with Crippen LogP contribution in [-0.4, -0.2) is 42.9 Å². The van der Waals surface area contributed by atoms with E-state index in [0.29, 0.717) is 51.2 Å². The Labute approximate surface area is 218 Å². The summed E-state index contributed by atoms with van der Waals surface area (Å²) in [6.45, 7) is 4.30. The maximum absolute atomic E-state index is 13.4. The largest absolute Gasteiger partial charge is 0.508 e. The van der Waals surface area contributed by atoms with Crippen LogP contribution in [0.5, 0.6) is 11.6 Å². The lowest BCUT2D eigenvalue weighted by Gasteiger charge is -2.08. The number of phenols is 1. The van der Waals surface area contributed by atoms with Crippen LogP contribution >= 0.6 is 0 Å². The molecule has 2 aromatic heterocycles. The molecule has 4 N–H and O–H groups in total. The topological polar surface area (TPSA) is 133 Å². The van der Waals surface area contributed by atoms with E-state index in [1.54, 1.807) is 71.4 Å². The van der Waals surface area contributed by atoms with Gasteiger partial charge in [-0.15, -0.1) is 0 Å². The van der Waals surface area contributed by atoms with Gasteiger partial charge in [0.1, 0.15) is 11.4 Å². The van der Waals surface area contributed by atoms with Crippen LogP contribution in [0, 0.1) is 6.92 Å². The van der Waals surface area contributed by atoms with Crippen LogP contribution in [0.15, 0.2) is 77.8 Å². The van der Waals surface area contributed by atoms with Crippen LogP contribution in [0.25, 0.3) is 10.9 Å². The first-order valence-corrected chi connectivity index (χ1v) is 12.0. The predicted octanol–water partition coefficient (Wildman–Crippen LogP) is 5.34. The molecule has 0 unspecified atom stereocenters. The smallest absolute Gasteiger partial charge is 0.273 e. The molecule has 190 valence electrons. The molecule has 5 rings (SSSR count). The SMILES string of the molecule is CCn1nc(C)cc1C(=O)Nc1cccc(C(=O)c2ccc3[nH]c(O)c(C=Nc4cccc(O)c4)c3c2)c1. The molecule has 0 fully saturated rings. The molecule has 2 heterocycles. The normalized spacial score (nSPS) is 11.3. The number of aliphatic imine (C=N–C) groups is 1. The third-order valence-electron chi connectivity index (χ3n) is 6.07. The van der Waals surface area contributed by atoms with Crippen molar-refractivity contribution in [1.29, 1.82) is 0 Å². The number of benzene rings is 3. The number of aromatic hydroxyl groups is 2. The molecule has 0 radical (unpaired) electrons. The number of nitrogens with zero attached hydrogens (tertiary/aromatic N) is 3. The summed E-state index contributed by atoms with van der Waals surface area (Å²) in [5.41, 5.74) is 4.06. The Morgan fingerprint density at radius 2 is 1.82 bits per heavy atom.